The van der Waals surface area contributed by atoms with Crippen LogP contribution in [0.5, 0.6) is 5.75 Å². The van der Waals surface area contributed by atoms with Crippen LogP contribution >= 0.6 is 0 Å². The molecule has 0 aliphatic heterocycles. The number of rotatable bonds is 6. The highest BCUT2D eigenvalue weighted by molar-refractivity contribution is 6.06. The van der Waals surface area contributed by atoms with Crippen molar-refractivity contribution in [2.24, 2.45) is 0 Å². The van der Waals surface area contributed by atoms with Gasteiger partial charge >= 0.3 is 0 Å². The van der Waals surface area contributed by atoms with Gasteiger partial charge in [-0.05, 0) is 92.1 Å². The summed E-state index contributed by atoms with van der Waals surface area (Å²) < 4.78 is 20.2. The predicted molar refractivity (Wildman–Crippen MR) is 131 cm³/mol. The van der Waals surface area contributed by atoms with Crippen molar-refractivity contribution < 1.29 is 18.7 Å². The third kappa shape index (κ3) is 4.63. The second kappa shape index (κ2) is 9.42. The largest absolute Gasteiger partial charge is 0.497 e. The Kier molecular flexibility index (Phi) is 6.01. The highest BCUT2D eigenvalue weighted by atomic mass is 19.1. The van der Waals surface area contributed by atoms with Gasteiger partial charge in [0.05, 0.1) is 12.8 Å². The van der Waals surface area contributed by atoms with E-state index in [1.54, 1.807) is 72.5 Å². The molecule has 2 N–H and O–H groups in total. The van der Waals surface area contributed by atoms with E-state index in [0.29, 0.717) is 28.4 Å². The quantitative estimate of drug-likeness (QED) is 0.415. The summed E-state index contributed by atoms with van der Waals surface area (Å²) >= 11 is 0. The zero-order chi connectivity index (χ0) is 24.4. The fourth-order valence-electron chi connectivity index (χ4n) is 4.19. The summed E-state index contributed by atoms with van der Waals surface area (Å²) in [5.74, 6) is -0.198. The zero-order valence-electron chi connectivity index (χ0n) is 19.0. The molecule has 4 aromatic rings. The lowest BCUT2D eigenvalue weighted by molar-refractivity contribution is 0.101. The number of hydrogen-bond donors (Lipinski definition) is 2. The van der Waals surface area contributed by atoms with Crippen LogP contribution in [0.3, 0.4) is 0 Å². The molecule has 0 fully saturated rings. The van der Waals surface area contributed by atoms with Crippen molar-refractivity contribution in [3.05, 3.63) is 101 Å². The number of anilines is 2. The first kappa shape index (κ1) is 22.3. The molecule has 0 saturated heterocycles. The molecule has 2 amide bonds. The molecule has 0 saturated carbocycles. The minimum absolute atomic E-state index is 0.260. The van der Waals surface area contributed by atoms with E-state index in [2.05, 4.69) is 15.7 Å². The molecule has 0 radical (unpaired) electrons. The predicted octanol–water partition coefficient (Wildman–Crippen LogP) is 5.01. The topological polar surface area (TPSA) is 85.2 Å². The first-order valence-corrected chi connectivity index (χ1v) is 11.3. The molecular weight excluding hydrogens is 447 g/mol. The molecule has 3 aromatic carbocycles. The van der Waals surface area contributed by atoms with Gasteiger partial charge in [-0.1, -0.05) is 0 Å². The van der Waals surface area contributed by atoms with Crippen molar-refractivity contribution in [1.29, 1.82) is 0 Å². The van der Waals surface area contributed by atoms with Crippen molar-refractivity contribution in [1.82, 2.24) is 9.78 Å². The molecule has 7 nitrogen and oxygen atoms in total. The number of hydrogen-bond acceptors (Lipinski definition) is 4. The molecule has 1 aliphatic carbocycles. The van der Waals surface area contributed by atoms with Gasteiger partial charge in [-0.15, -0.1) is 0 Å². The van der Waals surface area contributed by atoms with Crippen molar-refractivity contribution >= 4 is 23.2 Å². The summed E-state index contributed by atoms with van der Waals surface area (Å²) in [6, 6.07) is 19.8. The monoisotopic (exact) mass is 470 g/mol. The van der Waals surface area contributed by atoms with Gasteiger partial charge < -0.3 is 15.4 Å². The maximum absolute atomic E-state index is 13.3. The lowest BCUT2D eigenvalue weighted by atomic mass is 10.1. The van der Waals surface area contributed by atoms with Crippen LogP contribution in [0.4, 0.5) is 15.8 Å². The Morgan fingerprint density at radius 2 is 1.49 bits per heavy atom. The minimum Gasteiger partial charge on any atom is -0.497 e. The SMILES string of the molecule is COc1ccc(NC(=O)c2ccc(NC(=O)c3nn(-c4ccc(F)cc4)c4c3CCC4)cc2)cc1. The van der Waals surface area contributed by atoms with E-state index in [4.69, 9.17) is 4.74 Å². The summed E-state index contributed by atoms with van der Waals surface area (Å²) in [5.41, 5.74) is 4.65. The Balaban J connectivity index is 1.29. The minimum atomic E-state index is -0.323. The third-order valence-corrected chi connectivity index (χ3v) is 5.97. The second-order valence-corrected chi connectivity index (χ2v) is 8.23. The number of fused-ring (bicyclic) bond motifs is 1. The van der Waals surface area contributed by atoms with E-state index in [0.717, 1.165) is 36.2 Å². The average molecular weight is 471 g/mol. The van der Waals surface area contributed by atoms with E-state index in [-0.39, 0.29) is 17.6 Å². The van der Waals surface area contributed by atoms with Crippen LogP contribution in [0, 0.1) is 5.82 Å². The Hall–Kier alpha value is -4.46. The number of halogens is 1. The van der Waals surface area contributed by atoms with Crippen LogP contribution in [-0.4, -0.2) is 28.7 Å². The molecule has 1 heterocycles. The van der Waals surface area contributed by atoms with Crippen molar-refractivity contribution in [3.8, 4) is 11.4 Å². The lowest BCUT2D eigenvalue weighted by Crippen LogP contribution is -2.15. The first-order chi connectivity index (χ1) is 17.0. The van der Waals surface area contributed by atoms with E-state index in [9.17, 15) is 14.0 Å². The molecule has 5 rings (SSSR count). The van der Waals surface area contributed by atoms with Gasteiger partial charge in [-0.2, -0.15) is 5.10 Å². The molecule has 0 unspecified atom stereocenters. The first-order valence-electron chi connectivity index (χ1n) is 11.3. The van der Waals surface area contributed by atoms with Crippen LogP contribution in [0.1, 0.15) is 38.5 Å². The molecule has 0 bridgehead atoms. The maximum atomic E-state index is 13.3. The molecule has 1 aliphatic rings. The fourth-order valence-corrected chi connectivity index (χ4v) is 4.19. The Labute approximate surface area is 201 Å². The Morgan fingerprint density at radius 1 is 0.857 bits per heavy atom. The number of aromatic nitrogens is 2. The van der Waals surface area contributed by atoms with E-state index in [1.165, 1.54) is 12.1 Å². The molecule has 0 atom stereocenters. The van der Waals surface area contributed by atoms with E-state index < -0.39 is 0 Å². The molecule has 8 heteroatoms. The average Bonchev–Trinajstić information content (AvgIpc) is 3.49. The van der Waals surface area contributed by atoms with Crippen LogP contribution in [0.25, 0.3) is 5.69 Å². The fraction of sp³-hybridized carbons (Fsp3) is 0.148. The number of carbonyl (C=O) groups is 2. The van der Waals surface area contributed by atoms with Crippen molar-refractivity contribution in [3.63, 3.8) is 0 Å². The van der Waals surface area contributed by atoms with Gasteiger partial charge in [0.15, 0.2) is 5.69 Å². The number of amides is 2. The van der Waals surface area contributed by atoms with Gasteiger partial charge in [0.1, 0.15) is 11.6 Å². The Bertz CT molecular complexity index is 1380. The number of nitrogens with zero attached hydrogens (tertiary/aromatic N) is 2. The summed E-state index contributed by atoms with van der Waals surface area (Å²) in [5, 5.41) is 10.2. The number of carbonyl (C=O) groups excluding carboxylic acids is 2. The maximum Gasteiger partial charge on any atom is 0.276 e. The molecule has 0 spiro atoms. The number of benzene rings is 3. The third-order valence-electron chi connectivity index (χ3n) is 5.97. The van der Waals surface area contributed by atoms with Gasteiger partial charge in [0.25, 0.3) is 11.8 Å². The molecule has 1 aromatic heterocycles. The standard InChI is InChI=1S/C27H23FN4O3/c1-35-22-15-11-20(12-16-22)29-26(33)17-5-9-19(10-6-17)30-27(34)25-23-3-2-4-24(23)32(31-25)21-13-7-18(28)8-14-21/h5-16H,2-4H2,1H3,(H,29,33)(H,30,34). The molecular formula is C27H23FN4O3. The number of nitrogens with one attached hydrogen (secondary N) is 2. The summed E-state index contributed by atoms with van der Waals surface area (Å²) in [6.07, 6.45) is 2.52. The zero-order valence-corrected chi connectivity index (χ0v) is 19.0. The summed E-state index contributed by atoms with van der Waals surface area (Å²) in [6.45, 7) is 0. The van der Waals surface area contributed by atoms with Crippen LogP contribution in [-0.2, 0) is 12.8 Å². The highest BCUT2D eigenvalue weighted by Gasteiger charge is 2.27. The van der Waals surface area contributed by atoms with Crippen LogP contribution < -0.4 is 15.4 Å². The van der Waals surface area contributed by atoms with E-state index in [1.807, 2.05) is 0 Å². The number of ether oxygens (including phenoxy) is 1. The summed E-state index contributed by atoms with van der Waals surface area (Å²) in [4.78, 5) is 25.6. The normalized spacial score (nSPS) is 12.2. The van der Waals surface area contributed by atoms with Crippen molar-refractivity contribution in [2.45, 2.75) is 19.3 Å². The van der Waals surface area contributed by atoms with E-state index >= 15 is 0 Å². The van der Waals surface area contributed by atoms with Crippen LogP contribution in [0.2, 0.25) is 0 Å². The van der Waals surface area contributed by atoms with Gasteiger partial charge in [0, 0.05) is 28.2 Å². The Morgan fingerprint density at radius 3 is 2.14 bits per heavy atom. The molecule has 176 valence electrons. The lowest BCUT2D eigenvalue weighted by Gasteiger charge is -2.08. The molecule has 35 heavy (non-hydrogen) atoms. The summed E-state index contributed by atoms with van der Waals surface area (Å²) in [7, 11) is 1.58. The van der Waals surface area contributed by atoms with Gasteiger partial charge in [-0.3, -0.25) is 9.59 Å². The second-order valence-electron chi connectivity index (χ2n) is 8.23. The van der Waals surface area contributed by atoms with Crippen molar-refractivity contribution in [2.75, 3.05) is 17.7 Å². The smallest absolute Gasteiger partial charge is 0.276 e. The van der Waals surface area contributed by atoms with Gasteiger partial charge in [-0.25, -0.2) is 9.07 Å². The van der Waals surface area contributed by atoms with Crippen LogP contribution in [0.15, 0.2) is 72.8 Å². The van der Waals surface area contributed by atoms with Gasteiger partial charge in [0.2, 0.25) is 0 Å². The number of methoxy groups -OCH3 is 1. The highest BCUT2D eigenvalue weighted by Crippen LogP contribution is 2.28.